The van der Waals surface area contributed by atoms with Crippen LogP contribution in [0.25, 0.3) is 0 Å². The van der Waals surface area contributed by atoms with E-state index in [9.17, 15) is 4.79 Å². The Labute approximate surface area is 51.7 Å². The van der Waals surface area contributed by atoms with Crippen LogP contribution in [0.3, 0.4) is 0 Å². The second-order valence-electron chi connectivity index (χ2n) is 1.54. The van der Waals surface area contributed by atoms with E-state index in [2.05, 4.69) is 15.4 Å². The summed E-state index contributed by atoms with van der Waals surface area (Å²) in [5.41, 5.74) is 0. The molecule has 0 fully saturated rings. The van der Waals surface area contributed by atoms with E-state index in [4.69, 9.17) is 0 Å². The van der Waals surface area contributed by atoms with Crippen molar-refractivity contribution in [3.8, 4) is 0 Å². The summed E-state index contributed by atoms with van der Waals surface area (Å²) in [4.78, 5) is 11.4. The van der Waals surface area contributed by atoms with Gasteiger partial charge in [0.25, 0.3) is 0 Å². The average Bonchev–Trinajstić information content (AvgIpc) is 2.37. The van der Waals surface area contributed by atoms with Crippen molar-refractivity contribution in [1.82, 2.24) is 15.4 Å². The molecule has 5 heteroatoms. The number of hydrogen-bond acceptors (Lipinski definition) is 3. The number of H-pyrrole nitrogens is 1. The Morgan fingerprint density at radius 3 is 3.11 bits per heavy atom. The first-order valence-electron chi connectivity index (χ1n) is 2.38. The van der Waals surface area contributed by atoms with Crippen molar-refractivity contribution in [2.24, 2.45) is 0 Å². The van der Waals surface area contributed by atoms with Gasteiger partial charge in [-0.1, -0.05) is 0 Å². The lowest BCUT2D eigenvalue weighted by atomic mass is 10.7. The summed E-state index contributed by atoms with van der Waals surface area (Å²) >= 11 is 0. The molecule has 0 saturated heterocycles. The van der Waals surface area contributed by atoms with Gasteiger partial charge < -0.3 is 0 Å². The molecule has 0 aliphatic carbocycles. The molecular weight excluding hydrogens is 120 g/mol. The van der Waals surface area contributed by atoms with Gasteiger partial charge in [-0.3, -0.25) is 9.69 Å². The fourth-order valence-corrected chi connectivity index (χ4v) is 0.420. The first-order chi connectivity index (χ1) is 4.34. The second-order valence-corrected chi connectivity index (χ2v) is 1.54. The minimum atomic E-state index is 0.519. The Balaban J connectivity index is 2.76. The number of rotatable bonds is 2. The van der Waals surface area contributed by atoms with Crippen molar-refractivity contribution in [1.29, 1.82) is 0 Å². The van der Waals surface area contributed by atoms with Crippen molar-refractivity contribution in [2.75, 3.05) is 11.9 Å². The molecule has 48 valence electrons. The smallest absolute Gasteiger partial charge is 0.215 e. The predicted molar refractivity (Wildman–Crippen MR) is 30.8 cm³/mol. The summed E-state index contributed by atoms with van der Waals surface area (Å²) < 4.78 is 0. The summed E-state index contributed by atoms with van der Waals surface area (Å²) in [6.07, 6.45) is 2.13. The van der Waals surface area contributed by atoms with Gasteiger partial charge >= 0.3 is 0 Å². The Hall–Kier alpha value is -1.39. The monoisotopic (exact) mass is 126 g/mol. The fourth-order valence-electron chi connectivity index (χ4n) is 0.420. The molecule has 0 atom stereocenters. The van der Waals surface area contributed by atoms with Crippen molar-refractivity contribution < 1.29 is 4.79 Å². The summed E-state index contributed by atoms with van der Waals surface area (Å²) in [6.45, 7) is 0. The molecule has 1 aromatic rings. The zero-order chi connectivity index (χ0) is 6.69. The molecule has 1 aromatic heterocycles. The third-order valence-electron chi connectivity index (χ3n) is 0.922. The van der Waals surface area contributed by atoms with Gasteiger partial charge in [-0.05, 0) is 0 Å². The third kappa shape index (κ3) is 1.04. The number of carbonyl (C=O) groups excluding carboxylic acids is 1. The van der Waals surface area contributed by atoms with Gasteiger partial charge in [-0.2, -0.15) is 10.3 Å². The minimum absolute atomic E-state index is 0.519. The number of nitrogens with zero attached hydrogens (tertiary/aromatic N) is 3. The Morgan fingerprint density at radius 1 is 1.89 bits per heavy atom. The number of nitrogens with one attached hydrogen (secondary N) is 1. The van der Waals surface area contributed by atoms with E-state index in [1.807, 2.05) is 0 Å². The Bertz CT molecular complexity index is 182. The molecule has 9 heavy (non-hydrogen) atoms. The van der Waals surface area contributed by atoms with Gasteiger partial charge in [-0.25, -0.2) is 0 Å². The molecule has 1 heterocycles. The maximum absolute atomic E-state index is 10.0. The number of aromatic nitrogens is 3. The van der Waals surface area contributed by atoms with Crippen molar-refractivity contribution in [3.05, 3.63) is 6.20 Å². The lowest BCUT2D eigenvalue weighted by Crippen LogP contribution is -2.13. The first kappa shape index (κ1) is 5.74. The van der Waals surface area contributed by atoms with Crippen LogP contribution in [-0.4, -0.2) is 28.9 Å². The summed E-state index contributed by atoms with van der Waals surface area (Å²) in [6, 6.07) is 0. The van der Waals surface area contributed by atoms with Crippen LogP contribution in [0.15, 0.2) is 6.20 Å². The van der Waals surface area contributed by atoms with Crippen LogP contribution in [-0.2, 0) is 4.79 Å². The van der Waals surface area contributed by atoms with E-state index in [-0.39, 0.29) is 0 Å². The largest absolute Gasteiger partial charge is 0.300 e. The van der Waals surface area contributed by atoms with Crippen molar-refractivity contribution in [2.45, 2.75) is 0 Å². The zero-order valence-electron chi connectivity index (χ0n) is 4.90. The van der Waals surface area contributed by atoms with E-state index in [1.165, 1.54) is 11.1 Å². The molecule has 5 nitrogen and oxygen atoms in total. The van der Waals surface area contributed by atoms with Crippen molar-refractivity contribution in [3.63, 3.8) is 0 Å². The number of carbonyl (C=O) groups is 1. The maximum Gasteiger partial charge on any atom is 0.215 e. The fraction of sp³-hybridized carbons (Fsp3) is 0.250. The van der Waals surface area contributed by atoms with Crippen LogP contribution in [0.4, 0.5) is 5.82 Å². The zero-order valence-corrected chi connectivity index (χ0v) is 4.90. The summed E-state index contributed by atoms with van der Waals surface area (Å²) in [5.74, 6) is 0.519. The SMILES string of the molecule is CN(C=O)c1cn[nH]n1. The van der Waals surface area contributed by atoms with Crippen LogP contribution in [0.2, 0.25) is 0 Å². The number of anilines is 1. The lowest BCUT2D eigenvalue weighted by Gasteiger charge is -2.01. The molecule has 0 aliphatic heterocycles. The van der Waals surface area contributed by atoms with Gasteiger partial charge in [0, 0.05) is 7.05 Å². The molecule has 0 saturated carbocycles. The third-order valence-corrected chi connectivity index (χ3v) is 0.922. The Kier molecular flexibility index (Phi) is 1.44. The summed E-state index contributed by atoms with van der Waals surface area (Å²) in [7, 11) is 1.60. The molecule has 1 amide bonds. The molecule has 0 aliphatic rings. The van der Waals surface area contributed by atoms with Gasteiger partial charge in [0.15, 0.2) is 5.82 Å². The highest BCUT2D eigenvalue weighted by molar-refractivity contribution is 5.70. The van der Waals surface area contributed by atoms with E-state index >= 15 is 0 Å². The molecule has 0 spiro atoms. The van der Waals surface area contributed by atoms with Gasteiger partial charge in [0.05, 0.1) is 6.20 Å². The molecule has 0 unspecified atom stereocenters. The number of aromatic amines is 1. The highest BCUT2D eigenvalue weighted by atomic mass is 16.1. The Morgan fingerprint density at radius 2 is 2.67 bits per heavy atom. The van der Waals surface area contributed by atoms with Crippen LogP contribution >= 0.6 is 0 Å². The lowest BCUT2D eigenvalue weighted by molar-refractivity contribution is -0.107. The normalized spacial score (nSPS) is 9.00. The topological polar surface area (TPSA) is 61.9 Å². The van der Waals surface area contributed by atoms with Crippen LogP contribution < -0.4 is 4.90 Å². The second kappa shape index (κ2) is 2.25. The number of amides is 1. The first-order valence-corrected chi connectivity index (χ1v) is 2.38. The molecule has 0 aromatic carbocycles. The van der Waals surface area contributed by atoms with E-state index in [0.29, 0.717) is 12.2 Å². The van der Waals surface area contributed by atoms with Crippen LogP contribution in [0.5, 0.6) is 0 Å². The molecule has 0 bridgehead atoms. The standard InChI is InChI=1S/C4H6N4O/c1-8(3-9)4-2-5-7-6-4/h2-3H,1H3,(H,5,6,7). The molecule has 1 N–H and O–H groups in total. The van der Waals surface area contributed by atoms with Gasteiger partial charge in [0.1, 0.15) is 0 Å². The highest BCUT2D eigenvalue weighted by Gasteiger charge is 1.98. The average molecular weight is 126 g/mol. The van der Waals surface area contributed by atoms with Crippen LogP contribution in [0, 0.1) is 0 Å². The minimum Gasteiger partial charge on any atom is -0.300 e. The van der Waals surface area contributed by atoms with E-state index in [0.717, 1.165) is 0 Å². The molecule has 1 rings (SSSR count). The quantitative estimate of drug-likeness (QED) is 0.538. The van der Waals surface area contributed by atoms with Gasteiger partial charge in [0.2, 0.25) is 6.41 Å². The molecular formula is C4H6N4O. The maximum atomic E-state index is 10.0. The van der Waals surface area contributed by atoms with Crippen LogP contribution in [0.1, 0.15) is 0 Å². The van der Waals surface area contributed by atoms with Gasteiger partial charge in [-0.15, -0.1) is 5.10 Å². The predicted octanol–water partition coefficient (Wildman–Crippen LogP) is -0.603. The molecule has 0 radical (unpaired) electrons. The van der Waals surface area contributed by atoms with Crippen molar-refractivity contribution >= 4 is 12.2 Å². The van der Waals surface area contributed by atoms with E-state index < -0.39 is 0 Å². The van der Waals surface area contributed by atoms with E-state index in [1.54, 1.807) is 7.05 Å². The highest BCUT2D eigenvalue weighted by Crippen LogP contribution is 1.98. The number of hydrogen-bond donors (Lipinski definition) is 1. The summed E-state index contributed by atoms with van der Waals surface area (Å²) in [5, 5.41) is 9.54.